The highest BCUT2D eigenvalue weighted by atomic mass is 19.1. The third kappa shape index (κ3) is 3.43. The van der Waals surface area contributed by atoms with Crippen LogP contribution in [-0.4, -0.2) is 34.7 Å². The lowest BCUT2D eigenvalue weighted by atomic mass is 9.92. The molecule has 2 heterocycles. The number of benzene rings is 1. The molecule has 5 nitrogen and oxygen atoms in total. The number of hydrogen-bond acceptors (Lipinski definition) is 3. The third-order valence-corrected chi connectivity index (χ3v) is 4.76. The molecule has 1 amide bonds. The van der Waals surface area contributed by atoms with Crippen LogP contribution >= 0.6 is 0 Å². The van der Waals surface area contributed by atoms with Gasteiger partial charge in [-0.1, -0.05) is 6.92 Å². The second-order valence-electron chi connectivity index (χ2n) is 6.33. The van der Waals surface area contributed by atoms with Gasteiger partial charge in [0.2, 0.25) is 5.91 Å². The zero-order chi connectivity index (χ0) is 17.1. The van der Waals surface area contributed by atoms with Gasteiger partial charge in [-0.3, -0.25) is 4.79 Å². The minimum atomic E-state index is -0.289. The number of ether oxygens (including phenoxy) is 1. The van der Waals surface area contributed by atoms with Crippen molar-refractivity contribution in [2.24, 2.45) is 13.0 Å². The lowest BCUT2D eigenvalue weighted by Crippen LogP contribution is -2.42. The Morgan fingerprint density at radius 3 is 3.12 bits per heavy atom. The molecule has 1 aromatic heterocycles. The highest BCUT2D eigenvalue weighted by Crippen LogP contribution is 2.23. The number of nitrogens with zero attached hydrogens (tertiary/aromatic N) is 2. The Morgan fingerprint density at radius 1 is 1.50 bits per heavy atom. The molecule has 0 spiro atoms. The van der Waals surface area contributed by atoms with Crippen LogP contribution < -0.4 is 5.32 Å². The van der Waals surface area contributed by atoms with Gasteiger partial charge in [0.05, 0.1) is 23.1 Å². The van der Waals surface area contributed by atoms with Gasteiger partial charge in [0.25, 0.3) is 0 Å². The van der Waals surface area contributed by atoms with Gasteiger partial charge in [0.15, 0.2) is 0 Å². The summed E-state index contributed by atoms with van der Waals surface area (Å²) in [5.41, 5.74) is 1.54. The average molecular weight is 333 g/mol. The molecule has 1 aliphatic rings. The topological polar surface area (TPSA) is 56.1 Å². The SMILES string of the molecule is CC[C@@H]1OCCC[C@@H]1C(=O)NCCc1nc2cc(F)ccc2n1C. The lowest BCUT2D eigenvalue weighted by molar-refractivity contribution is -0.134. The van der Waals surface area contributed by atoms with Gasteiger partial charge in [-0.25, -0.2) is 9.37 Å². The number of amides is 1. The molecule has 6 heteroatoms. The molecule has 1 saturated heterocycles. The highest BCUT2D eigenvalue weighted by molar-refractivity contribution is 5.79. The monoisotopic (exact) mass is 333 g/mol. The van der Waals surface area contributed by atoms with Gasteiger partial charge in [0.1, 0.15) is 11.6 Å². The van der Waals surface area contributed by atoms with Gasteiger partial charge < -0.3 is 14.6 Å². The van der Waals surface area contributed by atoms with E-state index in [0.29, 0.717) is 18.5 Å². The molecule has 1 fully saturated rings. The lowest BCUT2D eigenvalue weighted by Gasteiger charge is -2.30. The van der Waals surface area contributed by atoms with Crippen LogP contribution in [-0.2, 0) is 23.0 Å². The van der Waals surface area contributed by atoms with Gasteiger partial charge >= 0.3 is 0 Å². The quantitative estimate of drug-likeness (QED) is 0.915. The minimum absolute atomic E-state index is 0.0254. The summed E-state index contributed by atoms with van der Waals surface area (Å²) in [5.74, 6) is 0.552. The zero-order valence-electron chi connectivity index (χ0n) is 14.2. The van der Waals surface area contributed by atoms with Gasteiger partial charge in [-0.05, 0) is 31.4 Å². The molecule has 3 rings (SSSR count). The van der Waals surface area contributed by atoms with E-state index in [1.54, 1.807) is 6.07 Å². The Morgan fingerprint density at radius 2 is 2.33 bits per heavy atom. The van der Waals surface area contributed by atoms with Crippen molar-refractivity contribution in [2.75, 3.05) is 13.2 Å². The zero-order valence-corrected chi connectivity index (χ0v) is 14.2. The molecule has 0 bridgehead atoms. The summed E-state index contributed by atoms with van der Waals surface area (Å²) in [6.07, 6.45) is 3.32. The standard InChI is InChI=1S/C18H24FN3O2/c1-3-16-13(5-4-10-24-16)18(23)20-9-8-17-21-14-11-12(19)6-7-15(14)22(17)2/h6-7,11,13,16H,3-5,8-10H2,1-2H3,(H,20,23)/t13-,16-/m0/s1. The fourth-order valence-electron chi connectivity index (χ4n) is 3.42. The summed E-state index contributed by atoms with van der Waals surface area (Å²) in [7, 11) is 1.91. The maximum absolute atomic E-state index is 13.3. The van der Waals surface area contributed by atoms with Crippen LogP contribution in [0.2, 0.25) is 0 Å². The molecule has 130 valence electrons. The Labute approximate surface area is 141 Å². The fraction of sp³-hybridized carbons (Fsp3) is 0.556. The van der Waals surface area contributed by atoms with Crippen molar-refractivity contribution in [2.45, 2.75) is 38.7 Å². The first kappa shape index (κ1) is 16.9. The fourth-order valence-corrected chi connectivity index (χ4v) is 3.42. The van der Waals surface area contributed by atoms with Crippen LogP contribution in [0.15, 0.2) is 18.2 Å². The van der Waals surface area contributed by atoms with Crippen molar-refractivity contribution < 1.29 is 13.9 Å². The number of fused-ring (bicyclic) bond motifs is 1. The number of rotatable bonds is 5. The van der Waals surface area contributed by atoms with Crippen molar-refractivity contribution in [3.05, 3.63) is 29.8 Å². The molecular formula is C18H24FN3O2. The maximum atomic E-state index is 13.3. The first-order valence-electron chi connectivity index (χ1n) is 8.60. The Kier molecular flexibility index (Phi) is 5.14. The molecule has 0 unspecified atom stereocenters. The molecule has 24 heavy (non-hydrogen) atoms. The highest BCUT2D eigenvalue weighted by Gasteiger charge is 2.30. The molecule has 0 aliphatic carbocycles. The second-order valence-corrected chi connectivity index (χ2v) is 6.33. The van der Waals surface area contributed by atoms with Crippen molar-refractivity contribution >= 4 is 16.9 Å². The molecule has 2 atom stereocenters. The average Bonchev–Trinajstić information content (AvgIpc) is 2.90. The number of aryl methyl sites for hydroxylation is 1. The van der Waals surface area contributed by atoms with E-state index >= 15 is 0 Å². The number of aromatic nitrogens is 2. The second kappa shape index (κ2) is 7.30. The van der Waals surface area contributed by atoms with Crippen LogP contribution in [0, 0.1) is 11.7 Å². The Balaban J connectivity index is 1.60. The van der Waals surface area contributed by atoms with E-state index in [4.69, 9.17) is 4.74 Å². The van der Waals surface area contributed by atoms with E-state index in [2.05, 4.69) is 17.2 Å². The number of carbonyl (C=O) groups excluding carboxylic acids is 1. The van der Waals surface area contributed by atoms with Crippen LogP contribution in [0.3, 0.4) is 0 Å². The first-order valence-corrected chi connectivity index (χ1v) is 8.60. The summed E-state index contributed by atoms with van der Waals surface area (Å²) in [6.45, 7) is 3.32. The molecule has 0 radical (unpaired) electrons. The number of imidazole rings is 1. The van der Waals surface area contributed by atoms with Crippen LogP contribution in [0.5, 0.6) is 0 Å². The molecule has 1 aromatic carbocycles. The summed E-state index contributed by atoms with van der Waals surface area (Å²) in [5, 5.41) is 3.00. The Hall–Kier alpha value is -1.95. The van der Waals surface area contributed by atoms with E-state index in [1.807, 2.05) is 11.6 Å². The van der Waals surface area contributed by atoms with E-state index in [1.165, 1.54) is 12.1 Å². The van der Waals surface area contributed by atoms with E-state index in [-0.39, 0.29) is 23.7 Å². The van der Waals surface area contributed by atoms with Gasteiger partial charge in [0, 0.05) is 32.7 Å². The third-order valence-electron chi connectivity index (χ3n) is 4.76. The number of nitrogens with one attached hydrogen (secondary N) is 1. The smallest absolute Gasteiger partial charge is 0.225 e. The molecular weight excluding hydrogens is 309 g/mol. The van der Waals surface area contributed by atoms with Crippen LogP contribution in [0.1, 0.15) is 32.0 Å². The maximum Gasteiger partial charge on any atom is 0.225 e. The van der Waals surface area contributed by atoms with Crippen LogP contribution in [0.25, 0.3) is 11.0 Å². The van der Waals surface area contributed by atoms with Crippen LogP contribution in [0.4, 0.5) is 4.39 Å². The molecule has 0 saturated carbocycles. The van der Waals surface area contributed by atoms with Crippen molar-refractivity contribution in [3.8, 4) is 0 Å². The summed E-state index contributed by atoms with van der Waals surface area (Å²) in [4.78, 5) is 16.9. The number of halogens is 1. The van der Waals surface area contributed by atoms with E-state index in [9.17, 15) is 9.18 Å². The molecule has 2 aromatic rings. The van der Waals surface area contributed by atoms with Gasteiger partial charge in [-0.15, -0.1) is 0 Å². The Bertz CT molecular complexity index is 728. The van der Waals surface area contributed by atoms with E-state index < -0.39 is 0 Å². The summed E-state index contributed by atoms with van der Waals surface area (Å²) >= 11 is 0. The molecule has 1 N–H and O–H groups in total. The van der Waals surface area contributed by atoms with Gasteiger partial charge in [-0.2, -0.15) is 0 Å². The summed E-state index contributed by atoms with van der Waals surface area (Å²) in [6, 6.07) is 4.59. The largest absolute Gasteiger partial charge is 0.377 e. The summed E-state index contributed by atoms with van der Waals surface area (Å²) < 4.78 is 20.9. The van der Waals surface area contributed by atoms with Crippen molar-refractivity contribution in [1.82, 2.24) is 14.9 Å². The van der Waals surface area contributed by atoms with E-state index in [0.717, 1.165) is 37.2 Å². The molecule has 1 aliphatic heterocycles. The number of carbonyl (C=O) groups is 1. The minimum Gasteiger partial charge on any atom is -0.377 e. The predicted octanol–water partition coefficient (Wildman–Crippen LogP) is 2.58. The van der Waals surface area contributed by atoms with Crippen molar-refractivity contribution in [1.29, 1.82) is 0 Å². The normalized spacial score (nSPS) is 21.1. The van der Waals surface area contributed by atoms with Crippen molar-refractivity contribution in [3.63, 3.8) is 0 Å². The number of hydrogen-bond donors (Lipinski definition) is 1. The predicted molar refractivity (Wildman–Crippen MR) is 90.1 cm³/mol. The first-order chi connectivity index (χ1) is 11.6.